The molecule has 1 aliphatic heterocycles. The van der Waals surface area contributed by atoms with Crippen molar-refractivity contribution in [2.75, 3.05) is 6.54 Å². The van der Waals surface area contributed by atoms with Gasteiger partial charge in [0.25, 0.3) is 0 Å². The number of nitrogens with one attached hydrogen (secondary N) is 1. The van der Waals surface area contributed by atoms with Crippen molar-refractivity contribution in [1.29, 1.82) is 0 Å². The van der Waals surface area contributed by atoms with E-state index < -0.39 is 22.8 Å². The van der Waals surface area contributed by atoms with Crippen molar-refractivity contribution >= 4 is 23.2 Å². The maximum absolute atomic E-state index is 13.0. The van der Waals surface area contributed by atoms with E-state index in [-0.39, 0.29) is 25.4 Å². The van der Waals surface area contributed by atoms with Crippen molar-refractivity contribution in [1.82, 2.24) is 10.2 Å². The van der Waals surface area contributed by atoms with Crippen molar-refractivity contribution in [2.45, 2.75) is 33.1 Å². The molecular weight excluding hydrogens is 389 g/mol. The van der Waals surface area contributed by atoms with Gasteiger partial charge in [0, 0.05) is 24.4 Å². The summed E-state index contributed by atoms with van der Waals surface area (Å²) in [5.41, 5.74) is 1.79. The number of halogens is 4. The average molecular weight is 411 g/mol. The van der Waals surface area contributed by atoms with Gasteiger partial charge in [0.05, 0.1) is 10.6 Å². The Morgan fingerprint density at radius 1 is 1.21 bits per heavy atom. The normalized spacial score (nSPS) is 15.8. The molecule has 1 aliphatic rings. The van der Waals surface area contributed by atoms with Crippen LogP contribution >= 0.6 is 11.6 Å². The lowest BCUT2D eigenvalue weighted by Gasteiger charge is -2.25. The van der Waals surface area contributed by atoms with Crippen LogP contribution in [-0.2, 0) is 17.5 Å². The highest BCUT2D eigenvalue weighted by Crippen LogP contribution is 2.40. The maximum atomic E-state index is 13.0. The Labute approximate surface area is 167 Å². The van der Waals surface area contributed by atoms with E-state index in [9.17, 15) is 18.0 Å². The minimum Gasteiger partial charge on any atom is -0.356 e. The first-order valence-corrected chi connectivity index (χ1v) is 8.80. The standard InChI is InChI=1S/C20H18ClF3N2O.CH4/c1-3-26-12(2)14-8-4-5-9-15(14)18(26)19(27)25-11-13-7-6-10-16(17(13)21)20(22,23)24;/h4-10,18H,2-3,11H2,1H3,(H,25,27);1H4. The van der Waals surface area contributed by atoms with Crippen molar-refractivity contribution in [2.24, 2.45) is 0 Å². The molecule has 0 aromatic heterocycles. The second kappa shape index (κ2) is 8.27. The molecule has 0 bridgehead atoms. The smallest absolute Gasteiger partial charge is 0.356 e. The van der Waals surface area contributed by atoms with Crippen LogP contribution in [0.3, 0.4) is 0 Å². The summed E-state index contributed by atoms with van der Waals surface area (Å²) in [4.78, 5) is 14.7. The molecule has 2 aromatic rings. The third-order valence-electron chi connectivity index (χ3n) is 4.65. The monoisotopic (exact) mass is 410 g/mol. The lowest BCUT2D eigenvalue weighted by atomic mass is 10.0. The summed E-state index contributed by atoms with van der Waals surface area (Å²) < 4.78 is 39.0. The van der Waals surface area contributed by atoms with E-state index in [4.69, 9.17) is 11.6 Å². The lowest BCUT2D eigenvalue weighted by Crippen LogP contribution is -2.36. The zero-order valence-corrected chi connectivity index (χ0v) is 15.4. The van der Waals surface area contributed by atoms with Crippen LogP contribution in [0.4, 0.5) is 13.2 Å². The largest absolute Gasteiger partial charge is 0.417 e. The Hall–Kier alpha value is -2.47. The van der Waals surface area contributed by atoms with Crippen molar-refractivity contribution < 1.29 is 18.0 Å². The third kappa shape index (κ3) is 3.87. The van der Waals surface area contributed by atoms with E-state index >= 15 is 0 Å². The Balaban J connectivity index is 0.00000280. The molecule has 3 nitrogen and oxygen atoms in total. The minimum absolute atomic E-state index is 0. The van der Waals surface area contributed by atoms with E-state index in [2.05, 4.69) is 11.9 Å². The first kappa shape index (κ1) is 21.8. The van der Waals surface area contributed by atoms with Crippen LogP contribution in [0.15, 0.2) is 49.0 Å². The van der Waals surface area contributed by atoms with Crippen LogP contribution in [0, 0.1) is 0 Å². The quantitative estimate of drug-likeness (QED) is 0.705. The Bertz CT molecular complexity index is 895. The molecule has 0 saturated heterocycles. The minimum atomic E-state index is -4.54. The van der Waals surface area contributed by atoms with Gasteiger partial charge in [-0.15, -0.1) is 0 Å². The number of alkyl halides is 3. The molecule has 3 rings (SSSR count). The summed E-state index contributed by atoms with van der Waals surface area (Å²) in [6, 6.07) is 10.6. The fourth-order valence-corrected chi connectivity index (χ4v) is 3.65. The molecule has 28 heavy (non-hydrogen) atoms. The van der Waals surface area contributed by atoms with Gasteiger partial charge in [-0.2, -0.15) is 13.2 Å². The van der Waals surface area contributed by atoms with E-state index in [1.165, 1.54) is 12.1 Å². The van der Waals surface area contributed by atoms with Gasteiger partial charge < -0.3 is 10.2 Å². The fourth-order valence-electron chi connectivity index (χ4n) is 3.35. The molecule has 0 aliphatic carbocycles. The van der Waals surface area contributed by atoms with Crippen LogP contribution < -0.4 is 5.32 Å². The first-order chi connectivity index (χ1) is 12.8. The van der Waals surface area contributed by atoms with Gasteiger partial charge in [-0.1, -0.05) is 62.0 Å². The zero-order chi connectivity index (χ0) is 19.8. The number of likely N-dealkylation sites (N-methyl/N-ethyl adjacent to an activating group) is 1. The Morgan fingerprint density at radius 2 is 1.89 bits per heavy atom. The van der Waals surface area contributed by atoms with Crippen LogP contribution in [-0.4, -0.2) is 17.4 Å². The molecule has 1 N–H and O–H groups in total. The fraction of sp³-hybridized carbons (Fsp3) is 0.286. The van der Waals surface area contributed by atoms with E-state index in [1.54, 1.807) is 0 Å². The Morgan fingerprint density at radius 3 is 2.54 bits per heavy atom. The molecule has 150 valence electrons. The van der Waals surface area contributed by atoms with Gasteiger partial charge >= 0.3 is 6.18 Å². The van der Waals surface area contributed by atoms with Gasteiger partial charge in [0.2, 0.25) is 5.91 Å². The van der Waals surface area contributed by atoms with Crippen LogP contribution in [0.5, 0.6) is 0 Å². The van der Waals surface area contributed by atoms with E-state index in [0.29, 0.717) is 6.54 Å². The summed E-state index contributed by atoms with van der Waals surface area (Å²) in [7, 11) is 0. The highest BCUT2D eigenvalue weighted by molar-refractivity contribution is 6.32. The average Bonchev–Trinajstić information content (AvgIpc) is 2.92. The van der Waals surface area contributed by atoms with Crippen LogP contribution in [0.25, 0.3) is 5.70 Å². The van der Waals surface area contributed by atoms with Crippen molar-refractivity contribution in [3.8, 4) is 0 Å². The number of fused-ring (bicyclic) bond motifs is 1. The maximum Gasteiger partial charge on any atom is 0.417 e. The predicted octanol–water partition coefficient (Wildman–Crippen LogP) is 5.66. The first-order valence-electron chi connectivity index (χ1n) is 8.42. The molecule has 0 spiro atoms. The molecule has 0 radical (unpaired) electrons. The SMILES string of the molecule is C.C=C1c2ccccc2C(C(=O)NCc2cccc(C(F)(F)F)c2Cl)N1CC. The second-order valence-corrected chi connectivity index (χ2v) is 6.59. The van der Waals surface area contributed by atoms with Gasteiger partial charge in [0.1, 0.15) is 6.04 Å². The molecule has 1 amide bonds. The molecule has 2 aromatic carbocycles. The second-order valence-electron chi connectivity index (χ2n) is 6.22. The third-order valence-corrected chi connectivity index (χ3v) is 5.10. The molecule has 0 fully saturated rings. The highest BCUT2D eigenvalue weighted by atomic mass is 35.5. The van der Waals surface area contributed by atoms with Gasteiger partial charge in [-0.3, -0.25) is 4.79 Å². The molecule has 1 heterocycles. The number of amides is 1. The van der Waals surface area contributed by atoms with Crippen LogP contribution in [0.1, 0.15) is 42.6 Å². The highest BCUT2D eigenvalue weighted by Gasteiger charge is 2.37. The lowest BCUT2D eigenvalue weighted by molar-refractivity contribution is -0.137. The van der Waals surface area contributed by atoms with Crippen molar-refractivity contribution in [3.05, 3.63) is 76.3 Å². The summed E-state index contributed by atoms with van der Waals surface area (Å²) in [5.74, 6) is -0.309. The Kier molecular flexibility index (Phi) is 6.44. The summed E-state index contributed by atoms with van der Waals surface area (Å²) in [6.07, 6.45) is -4.54. The number of hydrogen-bond acceptors (Lipinski definition) is 2. The number of carbonyl (C=O) groups is 1. The number of nitrogens with zero attached hydrogens (tertiary/aromatic N) is 1. The van der Waals surface area contributed by atoms with E-state index in [0.717, 1.165) is 22.9 Å². The summed E-state index contributed by atoms with van der Waals surface area (Å²) in [5, 5.41) is 2.32. The number of rotatable bonds is 4. The zero-order valence-electron chi connectivity index (χ0n) is 14.6. The molecule has 0 saturated carbocycles. The molecule has 1 unspecified atom stereocenters. The van der Waals surface area contributed by atoms with Crippen LogP contribution in [0.2, 0.25) is 5.02 Å². The van der Waals surface area contributed by atoms with E-state index in [1.807, 2.05) is 36.1 Å². The number of benzene rings is 2. The molecule has 7 heteroatoms. The number of carbonyl (C=O) groups excluding carboxylic acids is 1. The summed E-state index contributed by atoms with van der Waals surface area (Å²) in [6.45, 7) is 6.46. The summed E-state index contributed by atoms with van der Waals surface area (Å²) >= 11 is 5.90. The predicted molar refractivity (Wildman–Crippen MR) is 106 cm³/mol. The molecule has 1 atom stereocenters. The molecular formula is C21H22ClF3N2O. The van der Waals surface area contributed by atoms with Gasteiger partial charge in [-0.25, -0.2) is 0 Å². The topological polar surface area (TPSA) is 32.3 Å². The number of hydrogen-bond donors (Lipinski definition) is 1. The van der Waals surface area contributed by atoms with Gasteiger partial charge in [-0.05, 0) is 24.1 Å². The van der Waals surface area contributed by atoms with Crippen molar-refractivity contribution in [3.63, 3.8) is 0 Å². The van der Waals surface area contributed by atoms with Gasteiger partial charge in [0.15, 0.2) is 0 Å².